The first-order valence-corrected chi connectivity index (χ1v) is 11.9. The molecule has 4 heteroatoms. The molecule has 4 nitrogen and oxygen atoms in total. The molecule has 5 rings (SSSR count). The number of methoxy groups -OCH3 is 1. The molecule has 0 bridgehead atoms. The summed E-state index contributed by atoms with van der Waals surface area (Å²) in [6.45, 7) is 4.12. The summed E-state index contributed by atoms with van der Waals surface area (Å²) in [6, 6.07) is 24.7. The van der Waals surface area contributed by atoms with Gasteiger partial charge in [-0.15, -0.1) is 0 Å². The largest absolute Gasteiger partial charge is 0.497 e. The van der Waals surface area contributed by atoms with Gasteiger partial charge in [0.2, 0.25) is 0 Å². The number of hydrogen-bond acceptors (Lipinski definition) is 4. The van der Waals surface area contributed by atoms with E-state index in [2.05, 4.69) is 53.4 Å². The van der Waals surface area contributed by atoms with Crippen molar-refractivity contribution in [2.24, 2.45) is 0 Å². The van der Waals surface area contributed by atoms with E-state index >= 15 is 0 Å². The molecule has 1 fully saturated rings. The molecule has 2 heterocycles. The molecule has 1 atom stereocenters. The predicted octanol–water partition coefficient (Wildman–Crippen LogP) is 6.23. The van der Waals surface area contributed by atoms with Gasteiger partial charge in [0.15, 0.2) is 0 Å². The van der Waals surface area contributed by atoms with Gasteiger partial charge in [0.1, 0.15) is 30.0 Å². The number of ether oxygens (including phenoxy) is 3. The van der Waals surface area contributed by atoms with Crippen molar-refractivity contribution in [3.05, 3.63) is 89.5 Å². The van der Waals surface area contributed by atoms with Crippen LogP contribution in [-0.4, -0.2) is 38.3 Å². The highest BCUT2D eigenvalue weighted by molar-refractivity contribution is 5.88. The zero-order valence-corrected chi connectivity index (χ0v) is 19.2. The molecular formula is C29H31NO3. The molecule has 0 aliphatic carbocycles. The lowest BCUT2D eigenvalue weighted by Gasteiger charge is -2.28. The number of fused-ring (bicyclic) bond motifs is 1. The quantitative estimate of drug-likeness (QED) is 0.435. The van der Waals surface area contributed by atoms with Crippen molar-refractivity contribution in [1.82, 2.24) is 4.90 Å². The van der Waals surface area contributed by atoms with Crippen LogP contribution in [0.25, 0.3) is 11.6 Å². The number of rotatable bonds is 7. The van der Waals surface area contributed by atoms with E-state index in [-0.39, 0.29) is 6.10 Å². The average Bonchev–Trinajstić information content (AvgIpc) is 2.89. The molecule has 170 valence electrons. The highest BCUT2D eigenvalue weighted by Gasteiger charge is 2.25. The molecule has 1 unspecified atom stereocenters. The maximum absolute atomic E-state index is 6.49. The first kappa shape index (κ1) is 21.6. The average molecular weight is 442 g/mol. The number of nitrogens with zero attached hydrogens (tertiary/aromatic N) is 1. The molecule has 0 spiro atoms. The topological polar surface area (TPSA) is 30.9 Å². The van der Waals surface area contributed by atoms with Gasteiger partial charge in [-0.3, -0.25) is 4.90 Å². The van der Waals surface area contributed by atoms with Crippen LogP contribution in [0.15, 0.2) is 72.8 Å². The summed E-state index contributed by atoms with van der Waals surface area (Å²) in [5, 5.41) is 0. The lowest BCUT2D eigenvalue weighted by Crippen LogP contribution is -2.33. The van der Waals surface area contributed by atoms with Crippen LogP contribution in [0, 0.1) is 0 Å². The summed E-state index contributed by atoms with van der Waals surface area (Å²) in [5.74, 6) is 2.66. The Morgan fingerprint density at radius 2 is 1.58 bits per heavy atom. The molecule has 0 radical (unpaired) electrons. The SMILES string of the molecule is COc1ccc(C2=Cc3ccccc3OC2c2ccc(OCCN3CCCCC3)cc2)cc1. The number of hydrogen-bond donors (Lipinski definition) is 0. The summed E-state index contributed by atoms with van der Waals surface area (Å²) in [6.07, 6.45) is 6.02. The van der Waals surface area contributed by atoms with Crippen LogP contribution < -0.4 is 14.2 Å². The molecule has 3 aromatic rings. The summed E-state index contributed by atoms with van der Waals surface area (Å²) in [7, 11) is 1.69. The normalized spacial score (nSPS) is 18.1. The molecule has 1 saturated heterocycles. The summed E-state index contributed by atoms with van der Waals surface area (Å²) in [5.41, 5.74) is 4.46. The van der Waals surface area contributed by atoms with Crippen LogP contribution in [0.4, 0.5) is 0 Å². The second kappa shape index (κ2) is 10.1. The third-order valence-electron chi connectivity index (χ3n) is 6.49. The van der Waals surface area contributed by atoms with E-state index in [0.717, 1.165) is 52.7 Å². The Morgan fingerprint density at radius 1 is 0.848 bits per heavy atom. The Balaban J connectivity index is 1.33. The number of benzene rings is 3. The van der Waals surface area contributed by atoms with Crippen molar-refractivity contribution < 1.29 is 14.2 Å². The second-order valence-corrected chi connectivity index (χ2v) is 8.68. The van der Waals surface area contributed by atoms with Crippen LogP contribution in [0.5, 0.6) is 17.2 Å². The zero-order valence-electron chi connectivity index (χ0n) is 19.2. The minimum atomic E-state index is -0.185. The Bertz CT molecular complexity index is 1080. The molecule has 2 aliphatic rings. The number of para-hydroxylation sites is 1. The smallest absolute Gasteiger partial charge is 0.149 e. The second-order valence-electron chi connectivity index (χ2n) is 8.68. The minimum Gasteiger partial charge on any atom is -0.497 e. The highest BCUT2D eigenvalue weighted by atomic mass is 16.5. The van der Waals surface area contributed by atoms with Gasteiger partial charge in [0.25, 0.3) is 0 Å². The fourth-order valence-electron chi connectivity index (χ4n) is 4.62. The molecule has 0 N–H and O–H groups in total. The summed E-state index contributed by atoms with van der Waals surface area (Å²) < 4.78 is 17.9. The van der Waals surface area contributed by atoms with Gasteiger partial charge in [0, 0.05) is 17.7 Å². The molecule has 2 aliphatic heterocycles. The Morgan fingerprint density at radius 3 is 2.33 bits per heavy atom. The van der Waals surface area contributed by atoms with Crippen molar-refractivity contribution in [2.75, 3.05) is 33.4 Å². The monoisotopic (exact) mass is 441 g/mol. The van der Waals surface area contributed by atoms with E-state index in [1.54, 1.807) is 7.11 Å². The first-order valence-electron chi connectivity index (χ1n) is 11.9. The first-order chi connectivity index (χ1) is 16.3. The molecule has 3 aromatic carbocycles. The van der Waals surface area contributed by atoms with Crippen molar-refractivity contribution >= 4 is 11.6 Å². The summed E-state index contributed by atoms with van der Waals surface area (Å²) >= 11 is 0. The van der Waals surface area contributed by atoms with Gasteiger partial charge in [-0.05, 0) is 73.5 Å². The van der Waals surface area contributed by atoms with Gasteiger partial charge in [0.05, 0.1) is 7.11 Å². The number of piperidine rings is 1. The fraction of sp³-hybridized carbons (Fsp3) is 0.310. The fourth-order valence-corrected chi connectivity index (χ4v) is 4.62. The summed E-state index contributed by atoms with van der Waals surface area (Å²) in [4.78, 5) is 2.50. The predicted molar refractivity (Wildman–Crippen MR) is 133 cm³/mol. The van der Waals surface area contributed by atoms with Gasteiger partial charge in [-0.1, -0.05) is 48.9 Å². The van der Waals surface area contributed by atoms with E-state index in [9.17, 15) is 0 Å². The van der Waals surface area contributed by atoms with Crippen LogP contribution in [0.2, 0.25) is 0 Å². The molecule has 0 aromatic heterocycles. The van der Waals surface area contributed by atoms with Gasteiger partial charge in [-0.25, -0.2) is 0 Å². The lowest BCUT2D eigenvalue weighted by atomic mass is 9.91. The minimum absolute atomic E-state index is 0.185. The molecule has 33 heavy (non-hydrogen) atoms. The Labute approximate surface area is 196 Å². The van der Waals surface area contributed by atoms with Crippen LogP contribution in [0.1, 0.15) is 42.1 Å². The highest BCUT2D eigenvalue weighted by Crippen LogP contribution is 2.42. The van der Waals surface area contributed by atoms with Gasteiger partial charge >= 0.3 is 0 Å². The molecular weight excluding hydrogens is 410 g/mol. The Hall–Kier alpha value is -3.24. The van der Waals surface area contributed by atoms with E-state index in [0.29, 0.717) is 0 Å². The number of likely N-dealkylation sites (tertiary alicyclic amines) is 1. The lowest BCUT2D eigenvalue weighted by molar-refractivity contribution is 0.183. The van der Waals surface area contributed by atoms with Gasteiger partial charge < -0.3 is 14.2 Å². The van der Waals surface area contributed by atoms with Crippen LogP contribution in [0.3, 0.4) is 0 Å². The zero-order chi connectivity index (χ0) is 22.5. The maximum Gasteiger partial charge on any atom is 0.149 e. The standard InChI is InChI=1S/C29H31NO3/c1-31-25-13-9-22(10-14-25)27-21-24-7-3-4-8-28(24)33-29(27)23-11-15-26(16-12-23)32-20-19-30-17-5-2-6-18-30/h3-4,7-16,21,29H,2,5-6,17-20H2,1H3. The molecule has 0 amide bonds. The maximum atomic E-state index is 6.49. The Kier molecular flexibility index (Phi) is 6.63. The molecule has 0 saturated carbocycles. The van der Waals surface area contributed by atoms with Crippen LogP contribution in [-0.2, 0) is 0 Å². The third kappa shape index (κ3) is 5.07. The van der Waals surface area contributed by atoms with Crippen LogP contribution >= 0.6 is 0 Å². The van der Waals surface area contributed by atoms with E-state index in [1.807, 2.05) is 30.3 Å². The van der Waals surface area contributed by atoms with Crippen molar-refractivity contribution in [1.29, 1.82) is 0 Å². The van der Waals surface area contributed by atoms with E-state index in [1.165, 1.54) is 32.4 Å². The third-order valence-corrected chi connectivity index (χ3v) is 6.49. The van der Waals surface area contributed by atoms with E-state index < -0.39 is 0 Å². The van der Waals surface area contributed by atoms with E-state index in [4.69, 9.17) is 14.2 Å². The van der Waals surface area contributed by atoms with Gasteiger partial charge in [-0.2, -0.15) is 0 Å². The van der Waals surface area contributed by atoms with Crippen molar-refractivity contribution in [2.45, 2.75) is 25.4 Å². The van der Waals surface area contributed by atoms with Crippen molar-refractivity contribution in [3.8, 4) is 17.2 Å². The van der Waals surface area contributed by atoms with Crippen molar-refractivity contribution in [3.63, 3.8) is 0 Å².